The third-order valence-corrected chi connectivity index (χ3v) is 3.15. The SMILES string of the molecule is Cc1ccc(C#N)c(NCCCNC(=O)c2occc2C)n1. The summed E-state index contributed by atoms with van der Waals surface area (Å²) in [6, 6.07) is 7.40. The van der Waals surface area contributed by atoms with E-state index in [4.69, 9.17) is 9.68 Å². The maximum atomic E-state index is 11.8. The molecule has 2 aromatic rings. The van der Waals surface area contributed by atoms with Crippen LogP contribution in [0.3, 0.4) is 0 Å². The molecular formula is C16H18N4O2. The van der Waals surface area contributed by atoms with Crippen molar-refractivity contribution in [3.63, 3.8) is 0 Å². The summed E-state index contributed by atoms with van der Waals surface area (Å²) < 4.78 is 5.12. The Bertz CT molecular complexity index is 700. The highest BCUT2D eigenvalue weighted by Crippen LogP contribution is 2.12. The van der Waals surface area contributed by atoms with Gasteiger partial charge in [0.2, 0.25) is 0 Å². The first-order valence-corrected chi connectivity index (χ1v) is 7.05. The van der Waals surface area contributed by atoms with E-state index < -0.39 is 0 Å². The quantitative estimate of drug-likeness (QED) is 0.799. The molecule has 0 saturated heterocycles. The molecule has 114 valence electrons. The second kappa shape index (κ2) is 7.27. The van der Waals surface area contributed by atoms with Crippen LogP contribution in [0.4, 0.5) is 5.82 Å². The van der Waals surface area contributed by atoms with Crippen LogP contribution in [0.5, 0.6) is 0 Å². The average Bonchev–Trinajstić information content (AvgIpc) is 2.93. The van der Waals surface area contributed by atoms with Crippen molar-refractivity contribution in [1.82, 2.24) is 10.3 Å². The van der Waals surface area contributed by atoms with Gasteiger partial charge in [0.15, 0.2) is 5.76 Å². The molecule has 2 aromatic heterocycles. The van der Waals surface area contributed by atoms with Crippen molar-refractivity contribution in [2.75, 3.05) is 18.4 Å². The van der Waals surface area contributed by atoms with Crippen molar-refractivity contribution < 1.29 is 9.21 Å². The number of pyridine rings is 1. The summed E-state index contributed by atoms with van der Waals surface area (Å²) in [6.45, 7) is 4.83. The Hall–Kier alpha value is -2.81. The number of furan rings is 1. The standard InChI is InChI=1S/C16H18N4O2/c1-11-6-9-22-14(11)16(21)19-8-3-7-18-15-13(10-17)5-4-12(2)20-15/h4-6,9H,3,7-8H2,1-2H3,(H,18,20)(H,19,21). The van der Waals surface area contributed by atoms with Gasteiger partial charge in [-0.3, -0.25) is 4.79 Å². The van der Waals surface area contributed by atoms with E-state index in [1.807, 2.05) is 13.8 Å². The van der Waals surface area contributed by atoms with Crippen molar-refractivity contribution in [3.05, 3.63) is 47.0 Å². The van der Waals surface area contributed by atoms with Crippen LogP contribution < -0.4 is 10.6 Å². The summed E-state index contributed by atoms with van der Waals surface area (Å²) in [7, 11) is 0. The number of nitrogens with zero attached hydrogens (tertiary/aromatic N) is 2. The van der Waals surface area contributed by atoms with Crippen molar-refractivity contribution >= 4 is 11.7 Å². The number of amides is 1. The highest BCUT2D eigenvalue weighted by molar-refractivity contribution is 5.92. The second-order valence-electron chi connectivity index (χ2n) is 4.93. The van der Waals surface area contributed by atoms with Crippen molar-refractivity contribution in [2.45, 2.75) is 20.3 Å². The molecule has 1 amide bonds. The van der Waals surface area contributed by atoms with E-state index in [-0.39, 0.29) is 5.91 Å². The van der Waals surface area contributed by atoms with Gasteiger partial charge in [-0.05, 0) is 38.5 Å². The molecule has 0 spiro atoms. The largest absolute Gasteiger partial charge is 0.459 e. The fourth-order valence-electron chi connectivity index (χ4n) is 1.96. The maximum absolute atomic E-state index is 11.8. The van der Waals surface area contributed by atoms with Crippen LogP contribution >= 0.6 is 0 Å². The molecular weight excluding hydrogens is 280 g/mol. The molecule has 0 aliphatic carbocycles. The number of hydrogen-bond acceptors (Lipinski definition) is 5. The van der Waals surface area contributed by atoms with Gasteiger partial charge in [-0.15, -0.1) is 0 Å². The van der Waals surface area contributed by atoms with E-state index in [0.29, 0.717) is 36.7 Å². The summed E-state index contributed by atoms with van der Waals surface area (Å²) >= 11 is 0. The summed E-state index contributed by atoms with van der Waals surface area (Å²) in [5, 5.41) is 14.9. The molecule has 0 saturated carbocycles. The third-order valence-electron chi connectivity index (χ3n) is 3.15. The number of rotatable bonds is 6. The Morgan fingerprint density at radius 2 is 2.14 bits per heavy atom. The summed E-state index contributed by atoms with van der Waals surface area (Å²) in [5.41, 5.74) is 2.18. The first-order valence-electron chi connectivity index (χ1n) is 7.05. The maximum Gasteiger partial charge on any atom is 0.287 e. The van der Waals surface area contributed by atoms with Crippen LogP contribution in [0.25, 0.3) is 0 Å². The number of anilines is 1. The predicted molar refractivity (Wildman–Crippen MR) is 82.6 cm³/mol. The first kappa shape index (κ1) is 15.6. The number of carbonyl (C=O) groups is 1. The number of aromatic nitrogens is 1. The Kier molecular flexibility index (Phi) is 5.15. The Labute approximate surface area is 129 Å². The number of nitrogens with one attached hydrogen (secondary N) is 2. The third kappa shape index (κ3) is 3.85. The van der Waals surface area contributed by atoms with Gasteiger partial charge < -0.3 is 15.1 Å². The highest BCUT2D eigenvalue weighted by atomic mass is 16.3. The van der Waals surface area contributed by atoms with E-state index in [1.165, 1.54) is 6.26 Å². The Morgan fingerprint density at radius 3 is 2.82 bits per heavy atom. The molecule has 0 unspecified atom stereocenters. The van der Waals surface area contributed by atoms with Crippen LogP contribution in [-0.4, -0.2) is 24.0 Å². The van der Waals surface area contributed by atoms with Gasteiger partial charge >= 0.3 is 0 Å². The van der Waals surface area contributed by atoms with Gasteiger partial charge in [0.1, 0.15) is 11.9 Å². The molecule has 0 aliphatic rings. The van der Waals surface area contributed by atoms with Gasteiger partial charge in [-0.2, -0.15) is 5.26 Å². The highest BCUT2D eigenvalue weighted by Gasteiger charge is 2.11. The zero-order valence-corrected chi connectivity index (χ0v) is 12.6. The van der Waals surface area contributed by atoms with Crippen LogP contribution in [0, 0.1) is 25.2 Å². The molecule has 22 heavy (non-hydrogen) atoms. The van der Waals surface area contributed by atoms with Gasteiger partial charge in [0, 0.05) is 24.3 Å². The van der Waals surface area contributed by atoms with Gasteiger partial charge in [0.05, 0.1) is 11.8 Å². The number of aryl methyl sites for hydroxylation is 2. The van der Waals surface area contributed by atoms with Gasteiger partial charge in [-0.25, -0.2) is 4.98 Å². The predicted octanol–water partition coefficient (Wildman–Crippen LogP) is 2.40. The Morgan fingerprint density at radius 1 is 1.32 bits per heavy atom. The average molecular weight is 298 g/mol. The number of nitriles is 1. The lowest BCUT2D eigenvalue weighted by Gasteiger charge is -2.08. The summed E-state index contributed by atoms with van der Waals surface area (Å²) in [5.74, 6) is 0.713. The molecule has 0 bridgehead atoms. The summed E-state index contributed by atoms with van der Waals surface area (Å²) in [4.78, 5) is 16.1. The smallest absolute Gasteiger partial charge is 0.287 e. The Balaban J connectivity index is 1.76. The molecule has 0 fully saturated rings. The lowest BCUT2D eigenvalue weighted by Crippen LogP contribution is -2.26. The van der Waals surface area contributed by atoms with Crippen LogP contribution in [0.2, 0.25) is 0 Å². The molecule has 2 rings (SSSR count). The minimum absolute atomic E-state index is 0.214. The van der Waals surface area contributed by atoms with Gasteiger partial charge in [-0.1, -0.05) is 0 Å². The zero-order chi connectivity index (χ0) is 15.9. The minimum atomic E-state index is -0.214. The lowest BCUT2D eigenvalue weighted by atomic mass is 10.2. The molecule has 2 heterocycles. The number of carbonyl (C=O) groups excluding carboxylic acids is 1. The van der Waals surface area contributed by atoms with Gasteiger partial charge in [0.25, 0.3) is 5.91 Å². The van der Waals surface area contributed by atoms with Crippen LogP contribution in [0.1, 0.15) is 33.8 Å². The van der Waals surface area contributed by atoms with E-state index in [0.717, 1.165) is 11.3 Å². The minimum Gasteiger partial charge on any atom is -0.459 e. The topological polar surface area (TPSA) is 91.0 Å². The van der Waals surface area contributed by atoms with E-state index in [2.05, 4.69) is 21.7 Å². The fraction of sp³-hybridized carbons (Fsp3) is 0.312. The number of hydrogen-bond donors (Lipinski definition) is 2. The summed E-state index contributed by atoms with van der Waals surface area (Å²) in [6.07, 6.45) is 2.21. The molecule has 0 radical (unpaired) electrons. The fourth-order valence-corrected chi connectivity index (χ4v) is 1.96. The van der Waals surface area contributed by atoms with E-state index >= 15 is 0 Å². The monoisotopic (exact) mass is 298 g/mol. The molecule has 6 nitrogen and oxygen atoms in total. The molecule has 6 heteroatoms. The molecule has 2 N–H and O–H groups in total. The molecule has 0 aromatic carbocycles. The van der Waals surface area contributed by atoms with E-state index in [9.17, 15) is 4.79 Å². The molecule has 0 atom stereocenters. The van der Waals surface area contributed by atoms with Crippen molar-refractivity contribution in [3.8, 4) is 6.07 Å². The second-order valence-corrected chi connectivity index (χ2v) is 4.93. The van der Waals surface area contributed by atoms with Crippen molar-refractivity contribution in [1.29, 1.82) is 5.26 Å². The molecule has 0 aliphatic heterocycles. The zero-order valence-electron chi connectivity index (χ0n) is 12.6. The van der Waals surface area contributed by atoms with Crippen LogP contribution in [0.15, 0.2) is 28.9 Å². The first-order chi connectivity index (χ1) is 10.6. The normalized spacial score (nSPS) is 10.0. The van der Waals surface area contributed by atoms with E-state index in [1.54, 1.807) is 18.2 Å². The lowest BCUT2D eigenvalue weighted by molar-refractivity contribution is 0.0925. The van der Waals surface area contributed by atoms with Crippen molar-refractivity contribution in [2.24, 2.45) is 0 Å². The van der Waals surface area contributed by atoms with Crippen LogP contribution in [-0.2, 0) is 0 Å².